The highest BCUT2D eigenvalue weighted by atomic mass is 19.4. The lowest BCUT2D eigenvalue weighted by molar-refractivity contribution is -0.153. The molecule has 0 aliphatic heterocycles. The molecule has 0 aliphatic rings. The zero-order chi connectivity index (χ0) is 9.61. The minimum Gasteiger partial charge on any atom is -0.273 e. The van der Waals surface area contributed by atoms with E-state index in [0.29, 0.717) is 6.21 Å². The van der Waals surface area contributed by atoms with Crippen LogP contribution in [0.4, 0.5) is 13.2 Å². The van der Waals surface area contributed by atoms with E-state index in [9.17, 15) is 18.0 Å². The van der Waals surface area contributed by atoms with Gasteiger partial charge in [0.25, 0.3) is 0 Å². The van der Waals surface area contributed by atoms with Crippen LogP contribution in [-0.4, -0.2) is 18.3 Å². The maximum Gasteiger partial charge on any atom is 0.397 e. The normalized spacial score (nSPS) is 11.2. The van der Waals surface area contributed by atoms with Crippen LogP contribution in [0.5, 0.6) is 0 Å². The molecule has 1 amide bonds. The molecule has 4 nitrogen and oxygen atoms in total. The van der Waals surface area contributed by atoms with Gasteiger partial charge in [-0.3, -0.25) is 4.79 Å². The first-order chi connectivity index (χ1) is 5.45. The molecule has 0 bridgehead atoms. The predicted octanol–water partition coefficient (Wildman–Crippen LogP) is 0.564. The SMILES string of the molecule is N#C/C=N/NC(=O)CC(F)(F)F. The van der Waals surface area contributed by atoms with E-state index in [1.807, 2.05) is 0 Å². The molecule has 12 heavy (non-hydrogen) atoms. The minimum atomic E-state index is -4.55. The Balaban J connectivity index is 3.78. The summed E-state index contributed by atoms with van der Waals surface area (Å²) in [4.78, 5) is 10.3. The third-order valence-electron chi connectivity index (χ3n) is 0.673. The van der Waals surface area contributed by atoms with E-state index in [1.54, 1.807) is 0 Å². The standard InChI is InChI=1S/C5H4F3N3O/c6-5(7,8)3-4(12)11-10-2-1-9/h2H,3H2,(H,11,12)/b10-2+. The lowest BCUT2D eigenvalue weighted by Gasteiger charge is -2.02. The van der Waals surface area contributed by atoms with Gasteiger partial charge in [0, 0.05) is 0 Å². The number of alkyl halides is 3. The zero-order valence-corrected chi connectivity index (χ0v) is 5.72. The van der Waals surface area contributed by atoms with Crippen molar-refractivity contribution in [3.63, 3.8) is 0 Å². The Morgan fingerprint density at radius 3 is 2.67 bits per heavy atom. The van der Waals surface area contributed by atoms with E-state index in [1.165, 1.54) is 11.5 Å². The Bertz CT molecular complexity index is 227. The molecule has 0 unspecified atom stereocenters. The van der Waals surface area contributed by atoms with Crippen LogP contribution in [0.1, 0.15) is 6.42 Å². The van der Waals surface area contributed by atoms with Crippen LogP contribution in [0.15, 0.2) is 5.10 Å². The minimum absolute atomic E-state index is 0.619. The van der Waals surface area contributed by atoms with Crippen molar-refractivity contribution in [1.29, 1.82) is 5.26 Å². The average molecular weight is 179 g/mol. The van der Waals surface area contributed by atoms with Crippen molar-refractivity contribution in [3.05, 3.63) is 0 Å². The van der Waals surface area contributed by atoms with Crippen LogP contribution in [0, 0.1) is 11.3 Å². The molecule has 0 aromatic carbocycles. The Morgan fingerprint density at radius 1 is 1.67 bits per heavy atom. The maximum atomic E-state index is 11.4. The first-order valence-electron chi connectivity index (χ1n) is 2.72. The second-order valence-electron chi connectivity index (χ2n) is 1.71. The summed E-state index contributed by atoms with van der Waals surface area (Å²) in [6, 6.07) is 1.40. The Morgan fingerprint density at radius 2 is 2.25 bits per heavy atom. The number of rotatable bonds is 2. The zero-order valence-electron chi connectivity index (χ0n) is 5.72. The van der Waals surface area contributed by atoms with Gasteiger partial charge in [0.15, 0.2) is 0 Å². The molecule has 0 aromatic rings. The number of carbonyl (C=O) groups is 1. The van der Waals surface area contributed by atoms with Gasteiger partial charge in [-0.15, -0.1) is 0 Å². The van der Waals surface area contributed by atoms with Crippen LogP contribution in [0.3, 0.4) is 0 Å². The van der Waals surface area contributed by atoms with Crippen molar-refractivity contribution in [2.24, 2.45) is 5.10 Å². The molecule has 0 aromatic heterocycles. The summed E-state index contributed by atoms with van der Waals surface area (Å²) < 4.78 is 34.3. The summed E-state index contributed by atoms with van der Waals surface area (Å²) in [7, 11) is 0. The lowest BCUT2D eigenvalue weighted by Crippen LogP contribution is -2.24. The quantitative estimate of drug-likeness (QED) is 0.497. The van der Waals surface area contributed by atoms with Gasteiger partial charge < -0.3 is 0 Å². The van der Waals surface area contributed by atoms with E-state index >= 15 is 0 Å². The van der Waals surface area contributed by atoms with Gasteiger partial charge in [0.1, 0.15) is 18.7 Å². The smallest absolute Gasteiger partial charge is 0.273 e. The number of hydrogen-bond acceptors (Lipinski definition) is 3. The number of halogens is 3. The number of nitrogens with one attached hydrogen (secondary N) is 1. The molecule has 1 N–H and O–H groups in total. The predicted molar refractivity (Wildman–Crippen MR) is 32.9 cm³/mol. The van der Waals surface area contributed by atoms with Gasteiger partial charge in [-0.1, -0.05) is 0 Å². The number of hydrazone groups is 1. The van der Waals surface area contributed by atoms with Crippen LogP contribution < -0.4 is 5.43 Å². The van der Waals surface area contributed by atoms with Crippen molar-refractivity contribution in [2.45, 2.75) is 12.6 Å². The fraction of sp³-hybridized carbons (Fsp3) is 0.400. The lowest BCUT2D eigenvalue weighted by atomic mass is 10.4. The topological polar surface area (TPSA) is 65.2 Å². The van der Waals surface area contributed by atoms with E-state index in [4.69, 9.17) is 5.26 Å². The van der Waals surface area contributed by atoms with Gasteiger partial charge >= 0.3 is 6.18 Å². The molecule has 66 valence electrons. The molecule has 0 heterocycles. The third-order valence-corrected chi connectivity index (χ3v) is 0.673. The Kier molecular flexibility index (Phi) is 3.76. The number of nitriles is 1. The Hall–Kier alpha value is -1.58. The van der Waals surface area contributed by atoms with Crippen molar-refractivity contribution in [3.8, 4) is 6.07 Å². The molecular weight excluding hydrogens is 175 g/mol. The molecule has 0 saturated heterocycles. The van der Waals surface area contributed by atoms with E-state index in [-0.39, 0.29) is 0 Å². The summed E-state index contributed by atoms with van der Waals surface area (Å²) in [6.07, 6.45) is -5.53. The number of amides is 1. The van der Waals surface area contributed by atoms with E-state index in [2.05, 4.69) is 5.10 Å². The van der Waals surface area contributed by atoms with Gasteiger partial charge in [-0.05, 0) is 0 Å². The molecule has 0 atom stereocenters. The van der Waals surface area contributed by atoms with Gasteiger partial charge in [-0.25, -0.2) is 5.43 Å². The van der Waals surface area contributed by atoms with Gasteiger partial charge in [0.05, 0.1) is 0 Å². The molecule has 0 fully saturated rings. The highest BCUT2D eigenvalue weighted by Crippen LogP contribution is 2.18. The third kappa shape index (κ3) is 6.54. The van der Waals surface area contributed by atoms with Crippen LogP contribution in [-0.2, 0) is 4.79 Å². The molecule has 7 heteroatoms. The average Bonchev–Trinajstić information content (AvgIpc) is 1.84. The molecular formula is C5H4F3N3O. The molecule has 0 spiro atoms. The van der Waals surface area contributed by atoms with Gasteiger partial charge in [0.2, 0.25) is 5.91 Å². The molecule has 0 saturated carbocycles. The largest absolute Gasteiger partial charge is 0.397 e. The summed E-state index contributed by atoms with van der Waals surface area (Å²) in [5.74, 6) is -1.30. The maximum absolute atomic E-state index is 11.4. The summed E-state index contributed by atoms with van der Waals surface area (Å²) in [6.45, 7) is 0. The van der Waals surface area contributed by atoms with Crippen molar-refractivity contribution < 1.29 is 18.0 Å². The first-order valence-corrected chi connectivity index (χ1v) is 2.72. The van der Waals surface area contributed by atoms with Crippen molar-refractivity contribution in [2.75, 3.05) is 0 Å². The van der Waals surface area contributed by atoms with Crippen LogP contribution in [0.25, 0.3) is 0 Å². The highest BCUT2D eigenvalue weighted by molar-refractivity contribution is 5.80. The van der Waals surface area contributed by atoms with Crippen molar-refractivity contribution >= 4 is 12.1 Å². The first kappa shape index (κ1) is 10.4. The summed E-state index contributed by atoms with van der Waals surface area (Å²) in [5.41, 5.74) is 1.53. The van der Waals surface area contributed by atoms with E-state index in [0.717, 1.165) is 0 Å². The summed E-state index contributed by atoms with van der Waals surface area (Å²) >= 11 is 0. The fourth-order valence-corrected chi connectivity index (χ4v) is 0.355. The number of carbonyl (C=O) groups excluding carboxylic acids is 1. The molecule has 0 aliphatic carbocycles. The monoisotopic (exact) mass is 179 g/mol. The molecule has 0 rings (SSSR count). The number of hydrogen-bond donors (Lipinski definition) is 1. The van der Waals surface area contributed by atoms with Crippen LogP contribution >= 0.6 is 0 Å². The number of nitrogens with zero attached hydrogens (tertiary/aromatic N) is 2. The highest BCUT2D eigenvalue weighted by Gasteiger charge is 2.30. The second kappa shape index (κ2) is 4.33. The second-order valence-corrected chi connectivity index (χ2v) is 1.71. The van der Waals surface area contributed by atoms with Crippen LogP contribution in [0.2, 0.25) is 0 Å². The molecule has 0 radical (unpaired) electrons. The van der Waals surface area contributed by atoms with Crippen molar-refractivity contribution in [1.82, 2.24) is 5.43 Å². The fourth-order valence-electron chi connectivity index (χ4n) is 0.355. The van der Waals surface area contributed by atoms with E-state index < -0.39 is 18.5 Å². The Labute approximate surface area is 65.7 Å². The van der Waals surface area contributed by atoms with Gasteiger partial charge in [-0.2, -0.15) is 23.5 Å². The summed E-state index contributed by atoms with van der Waals surface area (Å²) in [5, 5.41) is 10.7.